The van der Waals surface area contributed by atoms with Crippen molar-refractivity contribution in [2.75, 3.05) is 25.2 Å². The van der Waals surface area contributed by atoms with Crippen molar-refractivity contribution in [1.29, 1.82) is 5.26 Å². The Labute approximate surface area is 116 Å². The van der Waals surface area contributed by atoms with E-state index in [1.807, 2.05) is 24.3 Å². The van der Waals surface area contributed by atoms with Gasteiger partial charge in [0.15, 0.2) is 0 Å². The van der Waals surface area contributed by atoms with E-state index in [4.69, 9.17) is 4.74 Å². The highest BCUT2D eigenvalue weighted by atomic mass is 19.1. The van der Waals surface area contributed by atoms with Gasteiger partial charge in [0.05, 0.1) is 36.4 Å². The first-order valence-electron chi connectivity index (χ1n) is 6.45. The maximum atomic E-state index is 13.8. The molecule has 1 aromatic carbocycles. The van der Waals surface area contributed by atoms with Crippen LogP contribution in [0.2, 0.25) is 0 Å². The first-order valence-corrected chi connectivity index (χ1v) is 6.45. The first-order chi connectivity index (χ1) is 9.70. The molecule has 0 aliphatic carbocycles. The average Bonchev–Trinajstić information content (AvgIpc) is 2.91. The van der Waals surface area contributed by atoms with E-state index in [0.29, 0.717) is 18.0 Å². The van der Waals surface area contributed by atoms with E-state index in [1.54, 1.807) is 18.0 Å². The van der Waals surface area contributed by atoms with Crippen molar-refractivity contribution in [3.63, 3.8) is 0 Å². The number of pyridine rings is 1. The van der Waals surface area contributed by atoms with Crippen LogP contribution in [0.3, 0.4) is 0 Å². The van der Waals surface area contributed by atoms with Crippen molar-refractivity contribution >= 4 is 16.7 Å². The molecule has 0 amide bonds. The second kappa shape index (κ2) is 5.06. The van der Waals surface area contributed by atoms with Gasteiger partial charge in [-0.3, -0.25) is 0 Å². The summed E-state index contributed by atoms with van der Waals surface area (Å²) in [5.74, 6) is 0.596. The van der Waals surface area contributed by atoms with Gasteiger partial charge < -0.3 is 9.64 Å². The first kappa shape index (κ1) is 12.8. The Bertz CT molecular complexity index is 682. The molecule has 1 aliphatic rings. The molecule has 0 bridgehead atoms. The fraction of sp³-hybridized carbons (Fsp3) is 0.333. The van der Waals surface area contributed by atoms with E-state index in [-0.39, 0.29) is 12.6 Å². The minimum absolute atomic E-state index is 0.119. The van der Waals surface area contributed by atoms with Gasteiger partial charge in [-0.05, 0) is 12.1 Å². The molecule has 2 heterocycles. The molecule has 1 saturated heterocycles. The summed E-state index contributed by atoms with van der Waals surface area (Å²) in [7, 11) is 1.78. The van der Waals surface area contributed by atoms with Gasteiger partial charge in [0.25, 0.3) is 0 Å². The number of rotatable bonds is 2. The monoisotopic (exact) mass is 271 g/mol. The molecule has 4 nitrogen and oxygen atoms in total. The highest BCUT2D eigenvalue weighted by Gasteiger charge is 2.32. The molecule has 0 N–H and O–H groups in total. The number of benzene rings is 1. The fourth-order valence-corrected chi connectivity index (χ4v) is 2.48. The number of aromatic nitrogens is 1. The summed E-state index contributed by atoms with van der Waals surface area (Å²) in [6.07, 6.45) is -1.03. The highest BCUT2D eigenvalue weighted by Crippen LogP contribution is 2.25. The fourth-order valence-electron chi connectivity index (χ4n) is 2.48. The van der Waals surface area contributed by atoms with Crippen LogP contribution in [0.1, 0.15) is 5.56 Å². The van der Waals surface area contributed by atoms with Gasteiger partial charge in [-0.25, -0.2) is 9.37 Å². The van der Waals surface area contributed by atoms with E-state index in [0.717, 1.165) is 10.9 Å². The van der Waals surface area contributed by atoms with Crippen molar-refractivity contribution in [3.8, 4) is 6.07 Å². The zero-order chi connectivity index (χ0) is 14.1. The molecular weight excluding hydrogens is 257 g/mol. The third-order valence-corrected chi connectivity index (χ3v) is 3.67. The summed E-state index contributed by atoms with van der Waals surface area (Å²) in [4.78, 5) is 6.27. The van der Waals surface area contributed by atoms with Crippen molar-refractivity contribution < 1.29 is 9.13 Å². The normalized spacial score (nSPS) is 21.9. The number of nitrogens with zero attached hydrogens (tertiary/aromatic N) is 3. The maximum absolute atomic E-state index is 13.8. The Balaban J connectivity index is 2.06. The minimum atomic E-state index is -1.03. The number of nitriles is 1. The number of fused-ring (bicyclic) bond motifs is 1. The number of hydrogen-bond acceptors (Lipinski definition) is 4. The molecule has 1 aliphatic heterocycles. The Morgan fingerprint density at radius 3 is 2.90 bits per heavy atom. The molecule has 2 aromatic rings. The number of likely N-dealkylation sites (N-methyl/N-ethyl adjacent to an activating group) is 1. The number of ether oxygens (including phenoxy) is 1. The van der Waals surface area contributed by atoms with Gasteiger partial charge in [0.2, 0.25) is 0 Å². The van der Waals surface area contributed by atoms with Gasteiger partial charge in [-0.15, -0.1) is 0 Å². The van der Waals surface area contributed by atoms with Crippen molar-refractivity contribution in [2.45, 2.75) is 12.2 Å². The molecule has 1 aromatic heterocycles. The van der Waals surface area contributed by atoms with Crippen LogP contribution < -0.4 is 4.90 Å². The van der Waals surface area contributed by atoms with Gasteiger partial charge in [-0.1, -0.05) is 18.2 Å². The van der Waals surface area contributed by atoms with Crippen LogP contribution in [0, 0.1) is 11.3 Å². The van der Waals surface area contributed by atoms with Crippen LogP contribution in [0.5, 0.6) is 0 Å². The zero-order valence-electron chi connectivity index (χ0n) is 11.1. The van der Waals surface area contributed by atoms with Crippen LogP contribution in [0.25, 0.3) is 10.9 Å². The number of para-hydroxylation sites is 1. The molecule has 20 heavy (non-hydrogen) atoms. The van der Waals surface area contributed by atoms with E-state index < -0.39 is 6.17 Å². The van der Waals surface area contributed by atoms with Gasteiger partial charge in [0.1, 0.15) is 12.0 Å². The molecule has 0 saturated carbocycles. The minimum Gasteiger partial charge on any atom is -0.376 e. The SMILES string of the molecule is CN(c1cc(C#N)c2ccccc2n1)C1COCC1F. The summed E-state index contributed by atoms with van der Waals surface area (Å²) in [6, 6.07) is 11.0. The summed E-state index contributed by atoms with van der Waals surface area (Å²) >= 11 is 0. The van der Waals surface area contributed by atoms with E-state index >= 15 is 0 Å². The molecule has 1 fully saturated rings. The highest BCUT2D eigenvalue weighted by molar-refractivity contribution is 5.86. The van der Waals surface area contributed by atoms with E-state index in [2.05, 4.69) is 11.1 Å². The molecule has 2 atom stereocenters. The lowest BCUT2D eigenvalue weighted by Gasteiger charge is -2.26. The second-order valence-corrected chi connectivity index (χ2v) is 4.89. The number of anilines is 1. The van der Waals surface area contributed by atoms with E-state index in [1.165, 1.54) is 0 Å². The van der Waals surface area contributed by atoms with Gasteiger partial charge in [0, 0.05) is 12.4 Å². The number of alkyl halides is 1. The Kier molecular flexibility index (Phi) is 3.25. The average molecular weight is 271 g/mol. The second-order valence-electron chi connectivity index (χ2n) is 4.89. The third kappa shape index (κ3) is 2.08. The number of halogens is 1. The molecule has 102 valence electrons. The molecule has 3 rings (SSSR count). The lowest BCUT2D eigenvalue weighted by Crippen LogP contribution is -2.39. The van der Waals surface area contributed by atoms with Crippen molar-refractivity contribution in [2.24, 2.45) is 0 Å². The Morgan fingerprint density at radius 2 is 2.20 bits per heavy atom. The molecule has 0 spiro atoms. The van der Waals surface area contributed by atoms with Crippen molar-refractivity contribution in [1.82, 2.24) is 4.98 Å². The maximum Gasteiger partial charge on any atom is 0.146 e. The molecule has 5 heteroatoms. The number of hydrogen-bond donors (Lipinski definition) is 0. The van der Waals surface area contributed by atoms with Crippen molar-refractivity contribution in [3.05, 3.63) is 35.9 Å². The topological polar surface area (TPSA) is 49.2 Å². The lowest BCUT2D eigenvalue weighted by molar-refractivity contribution is 0.173. The quantitative estimate of drug-likeness (QED) is 0.840. The van der Waals surface area contributed by atoms with Crippen LogP contribution in [0.4, 0.5) is 10.2 Å². The van der Waals surface area contributed by atoms with Crippen LogP contribution in [-0.2, 0) is 4.74 Å². The van der Waals surface area contributed by atoms with Crippen LogP contribution >= 0.6 is 0 Å². The summed E-state index contributed by atoms with van der Waals surface area (Å²) in [6.45, 7) is 0.460. The lowest BCUT2D eigenvalue weighted by atomic mass is 10.1. The Morgan fingerprint density at radius 1 is 1.40 bits per heavy atom. The standard InChI is InChI=1S/C15H14FN3O/c1-19(14-9-20-8-12(14)16)15-6-10(7-17)11-4-2-3-5-13(11)18-15/h2-6,12,14H,8-9H2,1H3. The zero-order valence-corrected chi connectivity index (χ0v) is 11.1. The smallest absolute Gasteiger partial charge is 0.146 e. The molecule has 0 radical (unpaired) electrons. The third-order valence-electron chi connectivity index (χ3n) is 3.67. The predicted octanol–water partition coefficient (Wildman–Crippen LogP) is 2.28. The van der Waals surface area contributed by atoms with E-state index in [9.17, 15) is 9.65 Å². The van der Waals surface area contributed by atoms with Crippen LogP contribution in [-0.4, -0.2) is 37.5 Å². The van der Waals surface area contributed by atoms with Gasteiger partial charge in [-0.2, -0.15) is 5.26 Å². The summed E-state index contributed by atoms with van der Waals surface area (Å²) in [5, 5.41) is 10.1. The molecular formula is C15H14FN3O. The van der Waals surface area contributed by atoms with Crippen LogP contribution in [0.15, 0.2) is 30.3 Å². The summed E-state index contributed by atoms with van der Waals surface area (Å²) in [5.41, 5.74) is 1.29. The Hall–Kier alpha value is -2.19. The molecule has 2 unspecified atom stereocenters. The summed E-state index contributed by atoms with van der Waals surface area (Å²) < 4.78 is 18.9. The predicted molar refractivity (Wildman–Crippen MR) is 74.4 cm³/mol. The largest absolute Gasteiger partial charge is 0.376 e. The van der Waals surface area contributed by atoms with Gasteiger partial charge >= 0.3 is 0 Å².